The smallest absolute Gasteiger partial charge is 0.256 e. The molecule has 2 N–H and O–H groups in total. The van der Waals surface area contributed by atoms with Gasteiger partial charge in [0.1, 0.15) is 11.4 Å². The van der Waals surface area contributed by atoms with Crippen molar-refractivity contribution >= 4 is 33.6 Å². The Bertz CT molecular complexity index is 1220. The van der Waals surface area contributed by atoms with Gasteiger partial charge < -0.3 is 19.6 Å². The van der Waals surface area contributed by atoms with Crippen molar-refractivity contribution in [1.82, 2.24) is 9.88 Å². The maximum Gasteiger partial charge on any atom is 0.256 e. The number of hydrogen-bond acceptors (Lipinski definition) is 3. The Kier molecular flexibility index (Phi) is 4.57. The van der Waals surface area contributed by atoms with Crippen LogP contribution in [-0.2, 0) is 0 Å². The molecule has 0 radical (unpaired) electrons. The van der Waals surface area contributed by atoms with Crippen molar-refractivity contribution in [3.05, 3.63) is 65.9 Å². The van der Waals surface area contributed by atoms with Crippen LogP contribution in [-0.4, -0.2) is 34.9 Å². The van der Waals surface area contributed by atoms with Gasteiger partial charge in [-0.3, -0.25) is 4.79 Å². The van der Waals surface area contributed by atoms with Crippen molar-refractivity contribution in [3.8, 4) is 0 Å². The molecule has 2 aromatic carbocycles. The van der Waals surface area contributed by atoms with Crippen molar-refractivity contribution in [3.63, 3.8) is 0 Å². The third-order valence-electron chi connectivity index (χ3n) is 7.15. The Labute approximate surface area is 181 Å². The summed E-state index contributed by atoms with van der Waals surface area (Å²) in [6.07, 6.45) is 8.27. The molecule has 158 valence electrons. The SMILES string of the molecule is O=C(Nc1cc2ccccc2[nH]1)c1ccc2occ(C3CCN4CCCCC4C3)c2c1. The van der Waals surface area contributed by atoms with E-state index in [1.165, 1.54) is 44.3 Å². The first-order chi connectivity index (χ1) is 15.2. The normalized spacial score (nSPS) is 21.9. The van der Waals surface area contributed by atoms with Crippen LogP contribution in [0.3, 0.4) is 0 Å². The third kappa shape index (κ3) is 3.43. The Morgan fingerprint density at radius 2 is 2.00 bits per heavy atom. The number of piperidine rings is 2. The lowest BCUT2D eigenvalue weighted by Gasteiger charge is -2.42. The maximum absolute atomic E-state index is 13.0. The highest BCUT2D eigenvalue weighted by atomic mass is 16.3. The molecule has 2 saturated heterocycles. The number of benzene rings is 2. The summed E-state index contributed by atoms with van der Waals surface area (Å²) in [7, 11) is 0. The second-order valence-electron chi connectivity index (χ2n) is 9.03. The predicted molar refractivity (Wildman–Crippen MR) is 124 cm³/mol. The van der Waals surface area contributed by atoms with Gasteiger partial charge in [-0.05, 0) is 75.0 Å². The summed E-state index contributed by atoms with van der Waals surface area (Å²) in [6, 6.07) is 16.4. The summed E-state index contributed by atoms with van der Waals surface area (Å²) in [6.45, 7) is 2.42. The zero-order chi connectivity index (χ0) is 20.8. The van der Waals surface area contributed by atoms with E-state index in [4.69, 9.17) is 4.42 Å². The van der Waals surface area contributed by atoms with E-state index in [0.29, 0.717) is 23.3 Å². The van der Waals surface area contributed by atoms with Gasteiger partial charge in [0, 0.05) is 33.5 Å². The van der Waals surface area contributed by atoms with Gasteiger partial charge >= 0.3 is 0 Å². The molecule has 2 aromatic heterocycles. The molecule has 2 atom stereocenters. The number of carbonyl (C=O) groups is 1. The fraction of sp³-hybridized carbons (Fsp3) is 0.346. The highest BCUT2D eigenvalue weighted by Crippen LogP contribution is 2.39. The minimum atomic E-state index is -0.109. The van der Waals surface area contributed by atoms with Crippen LogP contribution < -0.4 is 5.32 Å². The molecular weight excluding hydrogens is 386 g/mol. The molecule has 4 aromatic rings. The lowest BCUT2D eigenvalue weighted by molar-refractivity contribution is 0.0975. The zero-order valence-electron chi connectivity index (χ0n) is 17.6. The van der Waals surface area contributed by atoms with E-state index in [9.17, 15) is 4.79 Å². The summed E-state index contributed by atoms with van der Waals surface area (Å²) in [5.41, 5.74) is 3.80. The highest BCUT2D eigenvalue weighted by molar-refractivity contribution is 6.07. The topological polar surface area (TPSA) is 61.3 Å². The predicted octanol–water partition coefficient (Wildman–Crippen LogP) is 5.90. The quantitative estimate of drug-likeness (QED) is 0.440. The van der Waals surface area contributed by atoms with Gasteiger partial charge in [-0.2, -0.15) is 0 Å². The van der Waals surface area contributed by atoms with E-state index in [1.807, 2.05) is 54.8 Å². The van der Waals surface area contributed by atoms with Crippen LogP contribution in [0.4, 0.5) is 5.82 Å². The van der Waals surface area contributed by atoms with Crippen LogP contribution in [0.1, 0.15) is 53.9 Å². The number of anilines is 1. The van der Waals surface area contributed by atoms with Gasteiger partial charge in [0.15, 0.2) is 0 Å². The third-order valence-corrected chi connectivity index (χ3v) is 7.15. The largest absolute Gasteiger partial charge is 0.464 e. The Balaban J connectivity index is 1.26. The minimum Gasteiger partial charge on any atom is -0.464 e. The average molecular weight is 414 g/mol. The van der Waals surface area contributed by atoms with E-state index in [0.717, 1.165) is 28.3 Å². The molecule has 2 unspecified atom stereocenters. The van der Waals surface area contributed by atoms with Crippen LogP contribution in [0.5, 0.6) is 0 Å². The summed E-state index contributed by atoms with van der Waals surface area (Å²) in [5.74, 6) is 1.11. The van der Waals surface area contributed by atoms with E-state index in [1.54, 1.807) is 0 Å². The zero-order valence-corrected chi connectivity index (χ0v) is 17.6. The van der Waals surface area contributed by atoms with Crippen LogP contribution in [0.15, 0.2) is 59.2 Å². The van der Waals surface area contributed by atoms with Crippen molar-refractivity contribution in [2.45, 2.75) is 44.1 Å². The number of H-pyrrole nitrogens is 1. The first-order valence-electron chi connectivity index (χ1n) is 11.4. The van der Waals surface area contributed by atoms with Crippen LogP contribution in [0.2, 0.25) is 0 Å². The molecule has 31 heavy (non-hydrogen) atoms. The van der Waals surface area contributed by atoms with Crippen molar-refractivity contribution in [2.75, 3.05) is 18.4 Å². The summed E-state index contributed by atoms with van der Waals surface area (Å²) < 4.78 is 5.88. The molecule has 2 aliphatic heterocycles. The Hall–Kier alpha value is -3.05. The molecule has 2 aliphatic rings. The summed E-state index contributed by atoms with van der Waals surface area (Å²) in [5, 5.41) is 5.17. The number of para-hydroxylation sites is 1. The maximum atomic E-state index is 13.0. The van der Waals surface area contributed by atoms with E-state index in [2.05, 4.69) is 15.2 Å². The monoisotopic (exact) mass is 413 g/mol. The second-order valence-corrected chi connectivity index (χ2v) is 9.03. The minimum absolute atomic E-state index is 0.109. The molecule has 1 amide bonds. The van der Waals surface area contributed by atoms with Crippen molar-refractivity contribution in [2.24, 2.45) is 0 Å². The number of rotatable bonds is 3. The molecule has 4 heterocycles. The Morgan fingerprint density at radius 3 is 2.94 bits per heavy atom. The first kappa shape index (κ1) is 18.7. The lowest BCUT2D eigenvalue weighted by atomic mass is 9.82. The number of nitrogens with one attached hydrogen (secondary N) is 2. The van der Waals surface area contributed by atoms with E-state index in [-0.39, 0.29) is 5.91 Å². The molecule has 0 saturated carbocycles. The summed E-state index contributed by atoms with van der Waals surface area (Å²) >= 11 is 0. The molecule has 0 bridgehead atoms. The van der Waals surface area contributed by atoms with Crippen LogP contribution >= 0.6 is 0 Å². The number of aromatic nitrogens is 1. The number of fused-ring (bicyclic) bond motifs is 3. The van der Waals surface area contributed by atoms with Crippen molar-refractivity contribution < 1.29 is 9.21 Å². The van der Waals surface area contributed by atoms with E-state index >= 15 is 0 Å². The molecule has 0 aliphatic carbocycles. The average Bonchev–Trinajstić information content (AvgIpc) is 3.41. The number of furan rings is 1. The lowest BCUT2D eigenvalue weighted by Crippen LogP contribution is -2.44. The summed E-state index contributed by atoms with van der Waals surface area (Å²) in [4.78, 5) is 18.9. The molecule has 0 spiro atoms. The number of hydrogen-bond donors (Lipinski definition) is 2. The van der Waals surface area contributed by atoms with Gasteiger partial charge in [-0.25, -0.2) is 0 Å². The number of aromatic amines is 1. The van der Waals surface area contributed by atoms with Crippen molar-refractivity contribution in [1.29, 1.82) is 0 Å². The Morgan fingerprint density at radius 1 is 1.06 bits per heavy atom. The molecule has 5 nitrogen and oxygen atoms in total. The number of amides is 1. The molecule has 2 fully saturated rings. The van der Waals surface area contributed by atoms with E-state index < -0.39 is 0 Å². The standard InChI is InChI=1S/C26H27N3O2/c30-26(28-25-15-18-5-1-2-7-23(18)27-25)19-8-9-24-21(14-19)22(16-31-24)17-10-12-29-11-4-3-6-20(29)13-17/h1-2,5,7-9,14-17,20,27H,3-4,6,10-13H2,(H,28,30). The number of nitrogens with zero attached hydrogens (tertiary/aromatic N) is 1. The molecule has 6 rings (SSSR count). The van der Waals surface area contributed by atoms with Gasteiger partial charge in [0.05, 0.1) is 6.26 Å². The second kappa shape index (κ2) is 7.57. The first-order valence-corrected chi connectivity index (χ1v) is 11.4. The fourth-order valence-corrected chi connectivity index (χ4v) is 5.51. The number of carbonyl (C=O) groups excluding carboxylic acids is 1. The van der Waals surface area contributed by atoms with Gasteiger partial charge in [-0.15, -0.1) is 0 Å². The van der Waals surface area contributed by atoms with Crippen LogP contribution in [0, 0.1) is 0 Å². The van der Waals surface area contributed by atoms with Gasteiger partial charge in [-0.1, -0.05) is 24.6 Å². The molecular formula is C26H27N3O2. The van der Waals surface area contributed by atoms with Crippen LogP contribution in [0.25, 0.3) is 21.9 Å². The highest BCUT2D eigenvalue weighted by Gasteiger charge is 2.32. The fourth-order valence-electron chi connectivity index (χ4n) is 5.51. The molecule has 5 heteroatoms. The van der Waals surface area contributed by atoms with Gasteiger partial charge in [0.2, 0.25) is 0 Å². The van der Waals surface area contributed by atoms with Gasteiger partial charge in [0.25, 0.3) is 5.91 Å².